The summed E-state index contributed by atoms with van der Waals surface area (Å²) in [5, 5.41) is 6.65. The van der Waals surface area contributed by atoms with Gasteiger partial charge in [-0.05, 0) is 69.0 Å². The molecule has 1 saturated heterocycles. The average Bonchev–Trinajstić information content (AvgIpc) is 2.81. The standard InChI is InChI=1S/C26H33N3O2/c1-19-9-11-20(12-10-19)26(31)29-17-5-6-21(18-29)25(30)28-24-15-13-23(14-16-24)27-22-7-3-2-4-8-22/h9-16,21-22,27H,2-8,17-18H2,1H3,(H,28,30). The summed E-state index contributed by atoms with van der Waals surface area (Å²) < 4.78 is 0. The van der Waals surface area contributed by atoms with Gasteiger partial charge in [0.05, 0.1) is 5.92 Å². The minimum Gasteiger partial charge on any atom is -0.382 e. The summed E-state index contributed by atoms with van der Waals surface area (Å²) in [5.41, 5.74) is 3.73. The molecule has 5 nitrogen and oxygen atoms in total. The molecule has 1 unspecified atom stereocenters. The van der Waals surface area contributed by atoms with Crippen molar-refractivity contribution in [3.05, 3.63) is 59.7 Å². The quantitative estimate of drug-likeness (QED) is 0.697. The summed E-state index contributed by atoms with van der Waals surface area (Å²) in [6, 6.07) is 16.2. The fraction of sp³-hybridized carbons (Fsp3) is 0.462. The van der Waals surface area contributed by atoms with Gasteiger partial charge in [-0.25, -0.2) is 0 Å². The Balaban J connectivity index is 1.31. The highest BCUT2D eigenvalue weighted by atomic mass is 16.2. The Morgan fingerprint density at radius 1 is 0.839 bits per heavy atom. The van der Waals surface area contributed by atoms with Gasteiger partial charge in [-0.1, -0.05) is 37.0 Å². The molecule has 4 rings (SSSR count). The number of benzene rings is 2. The molecule has 0 aromatic heterocycles. The Hall–Kier alpha value is -2.82. The Bertz CT molecular complexity index is 886. The van der Waals surface area contributed by atoms with Crippen molar-refractivity contribution < 1.29 is 9.59 Å². The zero-order chi connectivity index (χ0) is 21.6. The third kappa shape index (κ3) is 5.66. The number of aryl methyl sites for hydroxylation is 1. The molecule has 2 aliphatic rings. The van der Waals surface area contributed by atoms with E-state index in [2.05, 4.69) is 10.6 Å². The Kier molecular flexibility index (Phi) is 6.90. The molecule has 1 atom stereocenters. The molecule has 31 heavy (non-hydrogen) atoms. The summed E-state index contributed by atoms with van der Waals surface area (Å²) in [4.78, 5) is 27.5. The van der Waals surface area contributed by atoms with Crippen LogP contribution < -0.4 is 10.6 Å². The second-order valence-electron chi connectivity index (χ2n) is 9.00. The van der Waals surface area contributed by atoms with Crippen molar-refractivity contribution in [2.24, 2.45) is 5.92 Å². The fourth-order valence-corrected chi connectivity index (χ4v) is 4.63. The number of hydrogen-bond donors (Lipinski definition) is 2. The van der Waals surface area contributed by atoms with E-state index in [-0.39, 0.29) is 17.7 Å². The van der Waals surface area contributed by atoms with E-state index < -0.39 is 0 Å². The van der Waals surface area contributed by atoms with E-state index in [1.165, 1.54) is 32.1 Å². The van der Waals surface area contributed by atoms with Gasteiger partial charge in [-0.15, -0.1) is 0 Å². The second kappa shape index (κ2) is 9.99. The van der Waals surface area contributed by atoms with E-state index in [4.69, 9.17) is 0 Å². The Morgan fingerprint density at radius 3 is 2.23 bits per heavy atom. The van der Waals surface area contributed by atoms with E-state index in [0.717, 1.165) is 29.8 Å². The molecule has 164 valence electrons. The van der Waals surface area contributed by atoms with Gasteiger partial charge in [-0.3, -0.25) is 9.59 Å². The van der Waals surface area contributed by atoms with E-state index in [1.807, 2.05) is 60.4 Å². The Labute approximate surface area is 185 Å². The van der Waals surface area contributed by atoms with Crippen molar-refractivity contribution in [1.82, 2.24) is 4.90 Å². The van der Waals surface area contributed by atoms with Crippen LogP contribution in [-0.4, -0.2) is 35.8 Å². The lowest BCUT2D eigenvalue weighted by molar-refractivity contribution is -0.121. The van der Waals surface area contributed by atoms with Crippen LogP contribution in [0.5, 0.6) is 0 Å². The lowest BCUT2D eigenvalue weighted by Gasteiger charge is -2.32. The largest absolute Gasteiger partial charge is 0.382 e. The number of carbonyl (C=O) groups excluding carboxylic acids is 2. The smallest absolute Gasteiger partial charge is 0.253 e. The van der Waals surface area contributed by atoms with Gasteiger partial charge in [0.15, 0.2) is 0 Å². The van der Waals surface area contributed by atoms with Gasteiger partial charge in [0.25, 0.3) is 5.91 Å². The van der Waals surface area contributed by atoms with E-state index in [1.54, 1.807) is 0 Å². The highest BCUT2D eigenvalue weighted by Crippen LogP contribution is 2.24. The van der Waals surface area contributed by atoms with Crippen LogP contribution in [0.1, 0.15) is 60.9 Å². The lowest BCUT2D eigenvalue weighted by atomic mass is 9.95. The molecule has 1 aliphatic heterocycles. The summed E-state index contributed by atoms with van der Waals surface area (Å²) in [5.74, 6) is -0.173. The van der Waals surface area contributed by atoms with Crippen molar-refractivity contribution >= 4 is 23.2 Å². The topological polar surface area (TPSA) is 61.4 Å². The number of amides is 2. The maximum absolute atomic E-state index is 12.9. The fourth-order valence-electron chi connectivity index (χ4n) is 4.63. The summed E-state index contributed by atoms with van der Waals surface area (Å²) in [7, 11) is 0. The number of nitrogens with zero attached hydrogens (tertiary/aromatic N) is 1. The molecule has 1 heterocycles. The monoisotopic (exact) mass is 419 g/mol. The lowest BCUT2D eigenvalue weighted by Crippen LogP contribution is -2.43. The molecule has 5 heteroatoms. The molecule has 0 radical (unpaired) electrons. The molecular formula is C26H33N3O2. The number of nitrogens with one attached hydrogen (secondary N) is 2. The van der Waals surface area contributed by atoms with Gasteiger partial charge >= 0.3 is 0 Å². The van der Waals surface area contributed by atoms with Gasteiger partial charge in [0.2, 0.25) is 5.91 Å². The number of piperidine rings is 1. The minimum atomic E-state index is -0.178. The van der Waals surface area contributed by atoms with Gasteiger partial charge in [0.1, 0.15) is 0 Å². The zero-order valence-corrected chi connectivity index (χ0v) is 18.4. The average molecular weight is 420 g/mol. The maximum atomic E-state index is 12.9. The van der Waals surface area contributed by atoms with Gasteiger partial charge < -0.3 is 15.5 Å². The normalized spacial score (nSPS) is 19.6. The molecule has 1 aliphatic carbocycles. The third-order valence-electron chi connectivity index (χ3n) is 6.51. The molecular weight excluding hydrogens is 386 g/mol. The van der Waals surface area contributed by atoms with E-state index in [9.17, 15) is 9.59 Å². The van der Waals surface area contributed by atoms with Gasteiger partial charge in [-0.2, -0.15) is 0 Å². The number of likely N-dealkylation sites (tertiary alicyclic amines) is 1. The van der Waals surface area contributed by atoms with Gasteiger partial charge in [0, 0.05) is 36.1 Å². The molecule has 0 spiro atoms. The number of hydrogen-bond acceptors (Lipinski definition) is 3. The van der Waals surface area contributed by atoms with Crippen molar-refractivity contribution in [2.45, 2.75) is 57.9 Å². The second-order valence-corrected chi connectivity index (χ2v) is 9.00. The molecule has 2 aromatic carbocycles. The zero-order valence-electron chi connectivity index (χ0n) is 18.4. The molecule has 0 bridgehead atoms. The van der Waals surface area contributed by atoms with Crippen molar-refractivity contribution in [1.29, 1.82) is 0 Å². The highest BCUT2D eigenvalue weighted by molar-refractivity contribution is 5.96. The summed E-state index contributed by atoms with van der Waals surface area (Å²) in [6.07, 6.45) is 8.08. The predicted molar refractivity (Wildman–Crippen MR) is 125 cm³/mol. The number of anilines is 2. The maximum Gasteiger partial charge on any atom is 0.253 e. The molecule has 2 N–H and O–H groups in total. The van der Waals surface area contributed by atoms with Crippen molar-refractivity contribution in [3.63, 3.8) is 0 Å². The summed E-state index contributed by atoms with van der Waals surface area (Å²) in [6.45, 7) is 3.19. The molecule has 1 saturated carbocycles. The van der Waals surface area contributed by atoms with Crippen LogP contribution in [0.3, 0.4) is 0 Å². The first-order valence-electron chi connectivity index (χ1n) is 11.6. The first-order valence-corrected chi connectivity index (χ1v) is 11.6. The van der Waals surface area contributed by atoms with Crippen LogP contribution in [0.4, 0.5) is 11.4 Å². The van der Waals surface area contributed by atoms with Crippen LogP contribution >= 0.6 is 0 Å². The van der Waals surface area contributed by atoms with Crippen LogP contribution in [-0.2, 0) is 4.79 Å². The predicted octanol–water partition coefficient (Wildman–Crippen LogP) is 5.23. The highest BCUT2D eigenvalue weighted by Gasteiger charge is 2.29. The minimum absolute atomic E-state index is 0.00519. The van der Waals surface area contributed by atoms with Crippen molar-refractivity contribution in [2.75, 3.05) is 23.7 Å². The third-order valence-corrected chi connectivity index (χ3v) is 6.51. The molecule has 2 aromatic rings. The number of carbonyl (C=O) groups is 2. The molecule has 2 fully saturated rings. The van der Waals surface area contributed by atoms with Crippen LogP contribution in [0.2, 0.25) is 0 Å². The summed E-state index contributed by atoms with van der Waals surface area (Å²) >= 11 is 0. The SMILES string of the molecule is Cc1ccc(C(=O)N2CCCC(C(=O)Nc3ccc(NC4CCCCC4)cc3)C2)cc1. The van der Waals surface area contributed by atoms with Crippen LogP contribution in [0.25, 0.3) is 0 Å². The first kappa shape index (κ1) is 21.4. The van der Waals surface area contributed by atoms with E-state index in [0.29, 0.717) is 24.7 Å². The van der Waals surface area contributed by atoms with E-state index >= 15 is 0 Å². The molecule has 2 amide bonds. The first-order chi connectivity index (χ1) is 15.1. The van der Waals surface area contributed by atoms with Crippen LogP contribution in [0, 0.1) is 12.8 Å². The Morgan fingerprint density at radius 2 is 1.52 bits per heavy atom. The number of rotatable bonds is 5. The van der Waals surface area contributed by atoms with Crippen LogP contribution in [0.15, 0.2) is 48.5 Å². The van der Waals surface area contributed by atoms with Crippen molar-refractivity contribution in [3.8, 4) is 0 Å².